The van der Waals surface area contributed by atoms with Gasteiger partial charge in [-0.05, 0) is 83.5 Å². The highest BCUT2D eigenvalue weighted by atomic mass is 31.2. The molecule has 0 bridgehead atoms. The average Bonchev–Trinajstić information content (AvgIpc) is 3.38. The smallest absolute Gasteiger partial charge is 0.462 e. The number of rotatable bonds is 56. The molecule has 2 atom stereocenters. The molecule has 0 aliphatic carbocycles. The molecule has 0 spiro atoms. The van der Waals surface area contributed by atoms with Gasteiger partial charge < -0.3 is 20.1 Å². The zero-order valence-electron chi connectivity index (χ0n) is 47.1. The summed E-state index contributed by atoms with van der Waals surface area (Å²) in [6, 6.07) is 0. The van der Waals surface area contributed by atoms with Crippen molar-refractivity contribution in [1.82, 2.24) is 0 Å². The molecule has 0 aromatic heterocycles. The maximum absolute atomic E-state index is 12.7. The molecule has 0 aliphatic rings. The van der Waals surface area contributed by atoms with Gasteiger partial charge in [0.05, 0.1) is 13.2 Å². The fourth-order valence-corrected chi connectivity index (χ4v) is 9.09. The number of nitrogens with two attached hydrogens (primary N) is 1. The van der Waals surface area contributed by atoms with Crippen LogP contribution in [0.1, 0.15) is 271 Å². The van der Waals surface area contributed by atoms with Crippen molar-refractivity contribution in [2.24, 2.45) is 5.73 Å². The highest BCUT2D eigenvalue weighted by Crippen LogP contribution is 2.43. The van der Waals surface area contributed by atoms with E-state index in [1.54, 1.807) is 0 Å². The van der Waals surface area contributed by atoms with E-state index in [1.165, 1.54) is 135 Å². The Morgan fingerprint density at radius 3 is 1.14 bits per heavy atom. The Kier molecular flexibility index (Phi) is 56.2. The molecule has 0 rings (SSSR count). The molecule has 0 fully saturated rings. The van der Waals surface area contributed by atoms with E-state index in [2.05, 4.69) is 98.9 Å². The van der Waals surface area contributed by atoms with Gasteiger partial charge in [0.25, 0.3) is 0 Å². The van der Waals surface area contributed by atoms with Gasteiger partial charge in [-0.3, -0.25) is 18.6 Å². The first kappa shape index (κ1) is 70.2. The van der Waals surface area contributed by atoms with E-state index in [4.69, 9.17) is 24.3 Å². The van der Waals surface area contributed by atoms with Crippen molar-refractivity contribution in [3.8, 4) is 0 Å². The van der Waals surface area contributed by atoms with Crippen molar-refractivity contribution in [1.29, 1.82) is 0 Å². The summed E-state index contributed by atoms with van der Waals surface area (Å²) in [5, 5.41) is 0. The first-order chi connectivity index (χ1) is 35.8. The first-order valence-electron chi connectivity index (χ1n) is 30.1. The number of unbranched alkanes of at least 4 members (excludes halogenated alkanes) is 29. The van der Waals surface area contributed by atoms with Crippen molar-refractivity contribution in [3.63, 3.8) is 0 Å². The minimum absolute atomic E-state index is 0.0518. The summed E-state index contributed by atoms with van der Waals surface area (Å²) < 4.78 is 32.9. The van der Waals surface area contributed by atoms with Crippen molar-refractivity contribution in [2.75, 3.05) is 26.4 Å². The van der Waals surface area contributed by atoms with Gasteiger partial charge in [-0.15, -0.1) is 0 Å². The summed E-state index contributed by atoms with van der Waals surface area (Å²) in [7, 11) is -4.38. The number of carbonyl (C=O) groups is 2. The predicted molar refractivity (Wildman–Crippen MR) is 312 cm³/mol. The molecule has 0 amide bonds. The summed E-state index contributed by atoms with van der Waals surface area (Å²) in [5.74, 6) is -0.833. The van der Waals surface area contributed by atoms with Crippen LogP contribution >= 0.6 is 7.82 Å². The van der Waals surface area contributed by atoms with Crippen LogP contribution in [0.4, 0.5) is 0 Å². The first-order valence-corrected chi connectivity index (χ1v) is 31.6. The zero-order valence-corrected chi connectivity index (χ0v) is 48.0. The van der Waals surface area contributed by atoms with Crippen LogP contribution in [-0.4, -0.2) is 49.3 Å². The van der Waals surface area contributed by atoms with E-state index >= 15 is 0 Å². The quantitative estimate of drug-likeness (QED) is 0.0264. The number of allylic oxidation sites excluding steroid dienone is 14. The lowest BCUT2D eigenvalue weighted by atomic mass is 10.0. The number of ether oxygens (including phenoxy) is 2. The SMILES string of the molecule is CC/C=C\C/C=C\C/C=C\C/C=C\C/C=C\C/C=C\CCCCCCCCCCCCCCCCCCCCCCCCC(=O)OC(COC(=O)CCCCCCC/C=C\CCCC)COP(=O)(O)OCCN. The lowest BCUT2D eigenvalue weighted by molar-refractivity contribution is -0.161. The van der Waals surface area contributed by atoms with Crippen molar-refractivity contribution in [2.45, 2.75) is 277 Å². The Balaban J connectivity index is 3.75. The van der Waals surface area contributed by atoms with Gasteiger partial charge in [0.2, 0.25) is 0 Å². The van der Waals surface area contributed by atoms with Crippen LogP contribution in [0.5, 0.6) is 0 Å². The highest BCUT2D eigenvalue weighted by molar-refractivity contribution is 7.47. The lowest BCUT2D eigenvalue weighted by Gasteiger charge is -2.19. The summed E-state index contributed by atoms with van der Waals surface area (Å²) >= 11 is 0. The summed E-state index contributed by atoms with van der Waals surface area (Å²) in [4.78, 5) is 35.0. The third kappa shape index (κ3) is 58.3. The van der Waals surface area contributed by atoms with Crippen LogP contribution in [0.3, 0.4) is 0 Å². The van der Waals surface area contributed by atoms with Crippen LogP contribution in [0, 0.1) is 0 Å². The monoisotopic (exact) mass is 1040 g/mol. The molecular weight excluding hydrogens is 930 g/mol. The molecule has 9 nitrogen and oxygen atoms in total. The minimum atomic E-state index is -4.38. The van der Waals surface area contributed by atoms with Gasteiger partial charge in [0, 0.05) is 19.4 Å². The third-order valence-corrected chi connectivity index (χ3v) is 13.7. The second-order valence-corrected chi connectivity index (χ2v) is 21.3. The van der Waals surface area contributed by atoms with Gasteiger partial charge in [-0.2, -0.15) is 0 Å². The van der Waals surface area contributed by atoms with Crippen LogP contribution in [-0.2, 0) is 32.7 Å². The van der Waals surface area contributed by atoms with Gasteiger partial charge >= 0.3 is 19.8 Å². The lowest BCUT2D eigenvalue weighted by Crippen LogP contribution is -2.29. The van der Waals surface area contributed by atoms with Gasteiger partial charge in [-0.1, -0.05) is 259 Å². The molecule has 0 aromatic carbocycles. The molecule has 0 aromatic rings. The molecule has 0 aliphatic heterocycles. The van der Waals surface area contributed by atoms with Crippen LogP contribution in [0.25, 0.3) is 0 Å². The number of phosphoric ester groups is 1. The fourth-order valence-electron chi connectivity index (χ4n) is 8.33. The molecule has 73 heavy (non-hydrogen) atoms. The molecule has 3 N–H and O–H groups in total. The Bertz CT molecular complexity index is 1470. The van der Waals surface area contributed by atoms with E-state index < -0.39 is 26.5 Å². The molecule has 0 heterocycles. The summed E-state index contributed by atoms with van der Waals surface area (Å²) in [5.41, 5.74) is 5.37. The average molecular weight is 1040 g/mol. The second kappa shape index (κ2) is 58.5. The predicted octanol–water partition coefficient (Wildman–Crippen LogP) is 19.1. The van der Waals surface area contributed by atoms with Crippen LogP contribution < -0.4 is 5.73 Å². The van der Waals surface area contributed by atoms with Crippen LogP contribution in [0.2, 0.25) is 0 Å². The zero-order chi connectivity index (χ0) is 53.1. The maximum atomic E-state index is 12.7. The minimum Gasteiger partial charge on any atom is -0.462 e. The molecule has 10 heteroatoms. The van der Waals surface area contributed by atoms with E-state index in [9.17, 15) is 19.0 Å². The number of hydrogen-bond donors (Lipinski definition) is 2. The van der Waals surface area contributed by atoms with Crippen LogP contribution in [0.15, 0.2) is 85.1 Å². The third-order valence-electron chi connectivity index (χ3n) is 12.8. The molecular formula is C63H112NO8P. The van der Waals surface area contributed by atoms with Crippen molar-refractivity contribution in [3.05, 3.63) is 85.1 Å². The van der Waals surface area contributed by atoms with Gasteiger partial charge in [-0.25, -0.2) is 4.57 Å². The van der Waals surface area contributed by atoms with Gasteiger partial charge in [0.1, 0.15) is 6.61 Å². The second-order valence-electron chi connectivity index (χ2n) is 19.8. The number of carbonyl (C=O) groups excluding carboxylic acids is 2. The Morgan fingerprint density at radius 2 is 0.753 bits per heavy atom. The number of esters is 2. The Labute approximate surface area is 449 Å². The Hall–Kier alpha value is -2.81. The maximum Gasteiger partial charge on any atom is 0.472 e. The standard InChI is InChI=1S/C63H112NO8P/c1-3-5-7-9-11-13-15-16-17-18-19-20-21-22-23-24-25-26-27-28-29-30-31-32-33-34-35-36-37-38-39-40-41-42-43-44-46-48-50-52-54-56-63(66)72-61(60-71-73(67,68)70-58-57-64)59-69-62(65)55-53-51-49-47-45-14-12-10-8-6-4-2/h5,7,10-13,16-17,19-20,22-23,25-26,61H,3-4,6,8-9,14-15,18,21,24,27-60,64H2,1-2H3,(H,67,68)/b7-5-,12-10-,13-11-,17-16-,20-19-,23-22-,26-25-. The van der Waals surface area contributed by atoms with Crippen molar-refractivity contribution >= 4 is 19.8 Å². The summed E-state index contributed by atoms with van der Waals surface area (Å²) in [6.45, 7) is 3.59. The molecule has 0 saturated heterocycles. The molecule has 0 saturated carbocycles. The van der Waals surface area contributed by atoms with E-state index in [0.29, 0.717) is 6.42 Å². The van der Waals surface area contributed by atoms with Gasteiger partial charge in [0.15, 0.2) is 6.10 Å². The van der Waals surface area contributed by atoms with E-state index in [0.717, 1.165) is 103 Å². The number of hydrogen-bond acceptors (Lipinski definition) is 8. The number of phosphoric acid groups is 1. The molecule has 2 unspecified atom stereocenters. The normalized spacial score (nSPS) is 13.6. The highest BCUT2D eigenvalue weighted by Gasteiger charge is 2.26. The summed E-state index contributed by atoms with van der Waals surface area (Å²) in [6.07, 6.45) is 76.8. The Morgan fingerprint density at radius 1 is 0.425 bits per heavy atom. The molecule has 422 valence electrons. The van der Waals surface area contributed by atoms with Crippen molar-refractivity contribution < 1.29 is 37.6 Å². The topological polar surface area (TPSA) is 134 Å². The molecule has 0 radical (unpaired) electrons. The fraction of sp³-hybridized carbons (Fsp3) is 0.746. The largest absolute Gasteiger partial charge is 0.472 e. The van der Waals surface area contributed by atoms with E-state index in [1.807, 2.05) is 0 Å². The van der Waals surface area contributed by atoms with E-state index in [-0.39, 0.29) is 38.6 Å².